The van der Waals surface area contributed by atoms with Crippen LogP contribution in [0.4, 0.5) is 13.2 Å². The van der Waals surface area contributed by atoms with Crippen molar-refractivity contribution in [3.8, 4) is 5.75 Å². The number of alkyl halides is 3. The molecule has 0 saturated carbocycles. The Morgan fingerprint density at radius 2 is 1.39 bits per heavy atom. The average Bonchev–Trinajstić information content (AvgIpc) is 2.67. The van der Waals surface area contributed by atoms with Crippen LogP contribution in [0.15, 0.2) is 46.0 Å². The van der Waals surface area contributed by atoms with Crippen molar-refractivity contribution >= 4 is 21.8 Å². The smallest absolute Gasteiger partial charge is 0.416 e. The van der Waals surface area contributed by atoms with Gasteiger partial charge in [-0.2, -0.15) is 13.2 Å². The van der Waals surface area contributed by atoms with Crippen LogP contribution in [0, 0.1) is 0 Å². The molecule has 4 rings (SSSR count). The summed E-state index contributed by atoms with van der Waals surface area (Å²) < 4.78 is 41.8. The summed E-state index contributed by atoms with van der Waals surface area (Å²) in [4.78, 5) is 22.3. The topological polar surface area (TPSA) is 127 Å². The lowest BCUT2D eigenvalue weighted by molar-refractivity contribution is -0.137. The molecule has 2 heterocycles. The zero-order chi connectivity index (χ0) is 20.3. The fourth-order valence-corrected chi connectivity index (χ4v) is 2.26. The van der Waals surface area contributed by atoms with Crippen molar-refractivity contribution in [2.24, 2.45) is 0 Å². The van der Waals surface area contributed by atoms with E-state index in [9.17, 15) is 22.8 Å². The maximum atomic E-state index is 12.3. The van der Waals surface area contributed by atoms with Crippen LogP contribution in [0.1, 0.15) is 5.56 Å². The number of methoxy groups -OCH3 is 1. The Morgan fingerprint density at radius 1 is 0.857 bits per heavy atom. The van der Waals surface area contributed by atoms with Gasteiger partial charge in [-0.05, 0) is 30.3 Å². The van der Waals surface area contributed by atoms with Crippen molar-refractivity contribution in [1.29, 1.82) is 0 Å². The summed E-state index contributed by atoms with van der Waals surface area (Å²) in [5.74, 6) is 0.660. The molecule has 0 aliphatic carbocycles. The normalized spacial score (nSPS) is 11.1. The van der Waals surface area contributed by atoms with E-state index in [-0.39, 0.29) is 16.5 Å². The van der Waals surface area contributed by atoms with Gasteiger partial charge in [0.2, 0.25) is 0 Å². The molecule has 0 unspecified atom stereocenters. The molecule has 12 heteroatoms. The lowest BCUT2D eigenvalue weighted by Gasteiger charge is -2.05. The van der Waals surface area contributed by atoms with Crippen molar-refractivity contribution in [2.75, 3.05) is 7.11 Å². The van der Waals surface area contributed by atoms with Crippen molar-refractivity contribution < 1.29 is 17.9 Å². The van der Waals surface area contributed by atoms with Crippen molar-refractivity contribution in [3.05, 3.63) is 62.7 Å². The van der Waals surface area contributed by atoms with E-state index in [2.05, 4.69) is 25.7 Å². The fourth-order valence-electron chi connectivity index (χ4n) is 2.26. The molecule has 28 heavy (non-hydrogen) atoms. The van der Waals surface area contributed by atoms with Gasteiger partial charge in [0, 0.05) is 6.07 Å². The highest BCUT2D eigenvalue weighted by Gasteiger charge is 2.30. The first-order valence-electron chi connectivity index (χ1n) is 7.61. The Hall–Kier alpha value is -3.83. The Balaban J connectivity index is 0.000000162. The molecule has 4 aromatic rings. The summed E-state index contributed by atoms with van der Waals surface area (Å²) in [6, 6.07) is 7.72. The Morgan fingerprint density at radius 3 is 1.93 bits per heavy atom. The van der Waals surface area contributed by atoms with Gasteiger partial charge in [-0.3, -0.25) is 9.59 Å². The maximum Gasteiger partial charge on any atom is 0.416 e. The number of rotatable bonds is 1. The number of ether oxygens (including phenoxy) is 1. The number of nitrogens with one attached hydrogen (secondary N) is 2. The lowest BCUT2D eigenvalue weighted by Crippen LogP contribution is -2.11. The molecule has 0 atom stereocenters. The molecule has 2 N–H and O–H groups in total. The van der Waals surface area contributed by atoms with Gasteiger partial charge in [0.25, 0.3) is 11.1 Å². The third-order valence-corrected chi connectivity index (χ3v) is 3.64. The monoisotopic (exact) mass is 392 g/mol. The molecular weight excluding hydrogens is 381 g/mol. The van der Waals surface area contributed by atoms with Crippen molar-refractivity contribution in [3.63, 3.8) is 0 Å². The predicted molar refractivity (Wildman–Crippen MR) is 91.9 cm³/mol. The van der Waals surface area contributed by atoms with E-state index < -0.39 is 17.3 Å². The molecule has 9 nitrogen and oxygen atoms in total. The molecule has 0 radical (unpaired) electrons. The Bertz CT molecular complexity index is 1250. The molecule has 2 aromatic carbocycles. The van der Waals surface area contributed by atoms with Crippen LogP contribution in [0.3, 0.4) is 0 Å². The van der Waals surface area contributed by atoms with Gasteiger partial charge in [0.1, 0.15) is 16.8 Å². The van der Waals surface area contributed by atoms with E-state index in [1.165, 1.54) is 0 Å². The molecule has 2 aromatic heterocycles. The van der Waals surface area contributed by atoms with Crippen LogP contribution >= 0.6 is 0 Å². The van der Waals surface area contributed by atoms with Crippen LogP contribution in [-0.2, 0) is 6.18 Å². The fraction of sp³-hybridized carbons (Fsp3) is 0.125. The number of halogens is 3. The van der Waals surface area contributed by atoms with Crippen LogP contribution in [0.5, 0.6) is 5.75 Å². The van der Waals surface area contributed by atoms with Gasteiger partial charge < -0.3 is 4.74 Å². The Labute approximate surface area is 153 Å². The SMILES string of the molecule is COc1ccc2c(=O)[nH]nnc2c1.O=c1[nH]nnc2cc(C(F)(F)F)ccc12. The van der Waals surface area contributed by atoms with E-state index in [4.69, 9.17) is 4.74 Å². The quantitative estimate of drug-likeness (QED) is 0.504. The largest absolute Gasteiger partial charge is 0.497 e. The minimum absolute atomic E-state index is 0.0754. The summed E-state index contributed by atoms with van der Waals surface area (Å²) in [5, 5.41) is 18.7. The lowest BCUT2D eigenvalue weighted by atomic mass is 10.1. The van der Waals surface area contributed by atoms with Crippen LogP contribution in [0.25, 0.3) is 21.8 Å². The van der Waals surface area contributed by atoms with E-state index >= 15 is 0 Å². The van der Waals surface area contributed by atoms with Crippen molar-refractivity contribution in [1.82, 2.24) is 30.8 Å². The summed E-state index contributed by atoms with van der Waals surface area (Å²) in [7, 11) is 1.56. The highest BCUT2D eigenvalue weighted by Crippen LogP contribution is 2.30. The van der Waals surface area contributed by atoms with E-state index in [0.717, 1.165) is 18.2 Å². The first kappa shape index (κ1) is 18.9. The number of hydrogen-bond donors (Lipinski definition) is 2. The van der Waals surface area contributed by atoms with Crippen molar-refractivity contribution in [2.45, 2.75) is 6.18 Å². The first-order chi connectivity index (χ1) is 13.3. The minimum Gasteiger partial charge on any atom is -0.497 e. The second-order valence-electron chi connectivity index (χ2n) is 5.39. The van der Waals surface area contributed by atoms with E-state index in [0.29, 0.717) is 16.7 Å². The van der Waals surface area contributed by atoms with Gasteiger partial charge in [-0.15, -0.1) is 10.2 Å². The predicted octanol–water partition coefficient (Wildman–Crippen LogP) is 1.66. The van der Waals surface area contributed by atoms with E-state index in [1.807, 2.05) is 5.10 Å². The third kappa shape index (κ3) is 3.95. The minimum atomic E-state index is -4.45. The van der Waals surface area contributed by atoms with Crippen LogP contribution in [0.2, 0.25) is 0 Å². The van der Waals surface area contributed by atoms with Gasteiger partial charge in [0.15, 0.2) is 0 Å². The highest BCUT2D eigenvalue weighted by atomic mass is 19.4. The number of fused-ring (bicyclic) bond motifs is 2. The second-order valence-corrected chi connectivity index (χ2v) is 5.39. The molecule has 0 saturated heterocycles. The first-order valence-corrected chi connectivity index (χ1v) is 7.61. The summed E-state index contributed by atoms with van der Waals surface area (Å²) in [6.07, 6.45) is -4.45. The average molecular weight is 392 g/mol. The molecule has 0 aliphatic heterocycles. The van der Waals surface area contributed by atoms with Gasteiger partial charge in [-0.1, -0.05) is 10.4 Å². The zero-order valence-electron chi connectivity index (χ0n) is 14.1. The molecule has 144 valence electrons. The molecular formula is C16H11F3N6O3. The van der Waals surface area contributed by atoms with E-state index in [1.54, 1.807) is 25.3 Å². The number of hydrogen-bond acceptors (Lipinski definition) is 7. The maximum absolute atomic E-state index is 12.3. The number of nitrogens with zero attached hydrogens (tertiary/aromatic N) is 4. The molecule has 0 spiro atoms. The summed E-state index contributed by atoms with van der Waals surface area (Å²) in [5.41, 5.74) is -1.20. The Kier molecular flexibility index (Phi) is 5.02. The number of aromatic nitrogens is 6. The molecule has 0 fully saturated rings. The zero-order valence-corrected chi connectivity index (χ0v) is 14.1. The van der Waals surface area contributed by atoms with Gasteiger partial charge in [-0.25, -0.2) is 10.2 Å². The third-order valence-electron chi connectivity index (χ3n) is 3.64. The second kappa shape index (κ2) is 7.42. The molecule has 0 amide bonds. The van der Waals surface area contributed by atoms with Gasteiger partial charge >= 0.3 is 6.18 Å². The highest BCUT2D eigenvalue weighted by molar-refractivity contribution is 5.78. The molecule has 0 aliphatic rings. The standard InChI is InChI=1S/C8H4F3N3O.C8H7N3O2/c9-8(10,11)4-1-2-5-6(3-4)12-14-13-7(5)15;1-13-5-2-3-6-7(4-5)9-11-10-8(6)12/h1-3H,(H,12,13,15);2-4H,1H3,(H,9,10,12). The van der Waals surface area contributed by atoms with Crippen LogP contribution in [-0.4, -0.2) is 37.9 Å². The molecule has 0 bridgehead atoms. The number of aromatic amines is 2. The summed E-state index contributed by atoms with van der Waals surface area (Å²) in [6.45, 7) is 0. The number of H-pyrrole nitrogens is 2. The number of benzene rings is 2. The summed E-state index contributed by atoms with van der Waals surface area (Å²) >= 11 is 0. The van der Waals surface area contributed by atoms with Gasteiger partial charge in [0.05, 0.1) is 23.4 Å². The van der Waals surface area contributed by atoms with Crippen LogP contribution < -0.4 is 15.9 Å².